The number of carbonyl (C=O) groups is 1. The van der Waals surface area contributed by atoms with Crippen LogP contribution in [0.4, 0.5) is 4.79 Å². The number of aryl methyl sites for hydroxylation is 1. The molecule has 9 heteroatoms. The smallest absolute Gasteiger partial charge is 0.412 e. The number of fused-ring (bicyclic) bond motifs is 1. The van der Waals surface area contributed by atoms with Gasteiger partial charge in [0.2, 0.25) is 5.16 Å². The summed E-state index contributed by atoms with van der Waals surface area (Å²) in [6, 6.07) is 25.3. The third-order valence-corrected chi connectivity index (χ3v) is 6.23. The molecular formula is C25H21N5O3S. The van der Waals surface area contributed by atoms with Gasteiger partial charge in [-0.1, -0.05) is 60.3 Å². The minimum atomic E-state index is -0.745. The lowest BCUT2D eigenvalue weighted by Gasteiger charge is -2.11. The van der Waals surface area contributed by atoms with Gasteiger partial charge in [0.05, 0.1) is 11.2 Å². The summed E-state index contributed by atoms with van der Waals surface area (Å²) in [5.41, 5.74) is 3.79. The number of nitrogens with zero attached hydrogens (tertiary/aromatic N) is 5. The summed E-state index contributed by atoms with van der Waals surface area (Å²) in [4.78, 5) is 12.2. The topological polar surface area (TPSA) is 84.1 Å². The lowest BCUT2D eigenvalue weighted by Crippen LogP contribution is -2.13. The van der Waals surface area contributed by atoms with Crippen LogP contribution in [0.15, 0.2) is 90.2 Å². The fourth-order valence-corrected chi connectivity index (χ4v) is 4.39. The van der Waals surface area contributed by atoms with Crippen molar-refractivity contribution in [3.05, 3.63) is 96.2 Å². The molecule has 2 aromatic heterocycles. The standard InChI is InChI=1S/C25H21N5O3S/c1-18-15-19(16-34-24-26-27-28-30(24)21-8-3-2-4-9-21)11-12-23(18)33-25(31)32-17-29-14-13-20-7-5-6-10-22(20)29/h2-15H,16-17H2,1H3. The van der Waals surface area contributed by atoms with Gasteiger partial charge in [0, 0.05) is 11.9 Å². The van der Waals surface area contributed by atoms with Gasteiger partial charge in [-0.3, -0.25) is 0 Å². The van der Waals surface area contributed by atoms with Crippen LogP contribution in [0.1, 0.15) is 11.1 Å². The van der Waals surface area contributed by atoms with E-state index in [1.807, 2.05) is 90.5 Å². The van der Waals surface area contributed by atoms with Crippen molar-refractivity contribution >= 4 is 28.8 Å². The molecule has 8 nitrogen and oxygen atoms in total. The molecule has 2 heterocycles. The Labute approximate surface area is 200 Å². The third kappa shape index (κ3) is 4.79. The monoisotopic (exact) mass is 471 g/mol. The molecule has 0 spiro atoms. The van der Waals surface area contributed by atoms with Crippen LogP contribution in [0.2, 0.25) is 0 Å². The summed E-state index contributed by atoms with van der Waals surface area (Å²) >= 11 is 1.53. The summed E-state index contributed by atoms with van der Waals surface area (Å²) in [7, 11) is 0. The van der Waals surface area contributed by atoms with E-state index in [-0.39, 0.29) is 6.73 Å². The van der Waals surface area contributed by atoms with E-state index in [0.717, 1.165) is 27.7 Å². The highest BCUT2D eigenvalue weighted by atomic mass is 32.2. The Morgan fingerprint density at radius 1 is 1.00 bits per heavy atom. The average Bonchev–Trinajstić information content (AvgIpc) is 3.50. The fourth-order valence-electron chi connectivity index (χ4n) is 3.56. The molecule has 0 aliphatic carbocycles. The SMILES string of the molecule is Cc1cc(CSc2nnnn2-c2ccccc2)ccc1OC(=O)OCn1ccc2ccccc21. The predicted octanol–water partition coefficient (Wildman–Crippen LogP) is 5.39. The lowest BCUT2D eigenvalue weighted by atomic mass is 10.1. The minimum Gasteiger partial charge on any atom is -0.412 e. The Morgan fingerprint density at radius 3 is 2.68 bits per heavy atom. The van der Waals surface area contributed by atoms with Crippen LogP contribution >= 0.6 is 11.8 Å². The molecule has 3 aromatic carbocycles. The van der Waals surface area contributed by atoms with Crippen molar-refractivity contribution in [2.45, 2.75) is 24.6 Å². The molecule has 0 aliphatic heterocycles. The van der Waals surface area contributed by atoms with Crippen molar-refractivity contribution in [2.24, 2.45) is 0 Å². The summed E-state index contributed by atoms with van der Waals surface area (Å²) in [6.07, 6.45) is 1.13. The van der Waals surface area contributed by atoms with Crippen LogP contribution in [-0.2, 0) is 17.2 Å². The van der Waals surface area contributed by atoms with E-state index >= 15 is 0 Å². The first-order chi connectivity index (χ1) is 16.7. The summed E-state index contributed by atoms with van der Waals surface area (Å²) < 4.78 is 14.3. The van der Waals surface area contributed by atoms with Crippen LogP contribution in [0.3, 0.4) is 0 Å². The van der Waals surface area contributed by atoms with Crippen LogP contribution in [-0.4, -0.2) is 30.9 Å². The van der Waals surface area contributed by atoms with Crippen molar-refractivity contribution in [3.8, 4) is 11.4 Å². The molecule has 0 bridgehead atoms. The number of carbonyl (C=O) groups excluding carboxylic acids is 1. The summed E-state index contributed by atoms with van der Waals surface area (Å²) in [5, 5.41) is 13.8. The predicted molar refractivity (Wildman–Crippen MR) is 129 cm³/mol. The molecule has 0 aliphatic rings. The highest BCUT2D eigenvalue weighted by molar-refractivity contribution is 7.98. The van der Waals surface area contributed by atoms with Gasteiger partial charge >= 0.3 is 6.16 Å². The first-order valence-electron chi connectivity index (χ1n) is 10.6. The number of thioether (sulfide) groups is 1. The molecule has 0 N–H and O–H groups in total. The molecule has 0 radical (unpaired) electrons. The van der Waals surface area contributed by atoms with E-state index in [2.05, 4.69) is 15.5 Å². The summed E-state index contributed by atoms with van der Waals surface area (Å²) in [5.74, 6) is 1.13. The van der Waals surface area contributed by atoms with Crippen molar-refractivity contribution in [3.63, 3.8) is 0 Å². The number of benzene rings is 3. The van der Waals surface area contributed by atoms with Gasteiger partial charge < -0.3 is 14.0 Å². The van der Waals surface area contributed by atoms with E-state index in [4.69, 9.17) is 9.47 Å². The van der Waals surface area contributed by atoms with E-state index in [1.165, 1.54) is 11.8 Å². The minimum absolute atomic E-state index is 0.0796. The van der Waals surface area contributed by atoms with Crippen LogP contribution in [0.25, 0.3) is 16.6 Å². The second-order valence-electron chi connectivity index (χ2n) is 7.57. The normalized spacial score (nSPS) is 11.0. The highest BCUT2D eigenvalue weighted by Gasteiger charge is 2.12. The van der Waals surface area contributed by atoms with Crippen molar-refractivity contribution in [2.75, 3.05) is 0 Å². The average molecular weight is 472 g/mol. The molecule has 0 atom stereocenters. The molecule has 0 fully saturated rings. The lowest BCUT2D eigenvalue weighted by molar-refractivity contribution is 0.0730. The Morgan fingerprint density at radius 2 is 1.82 bits per heavy atom. The maximum absolute atomic E-state index is 12.2. The largest absolute Gasteiger partial charge is 0.515 e. The summed E-state index contributed by atoms with van der Waals surface area (Å²) in [6.45, 7) is 1.97. The van der Waals surface area contributed by atoms with Gasteiger partial charge in [0.25, 0.3) is 0 Å². The van der Waals surface area contributed by atoms with E-state index < -0.39 is 6.16 Å². The maximum atomic E-state index is 12.2. The van der Waals surface area contributed by atoms with Gasteiger partial charge in [-0.15, -0.1) is 5.10 Å². The Kier molecular flexibility index (Phi) is 6.26. The second kappa shape index (κ2) is 9.80. The fraction of sp³-hybridized carbons (Fsp3) is 0.120. The van der Waals surface area contributed by atoms with E-state index in [0.29, 0.717) is 16.7 Å². The molecule has 5 rings (SSSR count). The number of para-hydroxylation sites is 2. The zero-order chi connectivity index (χ0) is 23.3. The number of rotatable bonds is 7. The van der Waals surface area contributed by atoms with E-state index in [1.54, 1.807) is 10.7 Å². The molecule has 170 valence electrons. The third-order valence-electron chi connectivity index (χ3n) is 5.24. The molecule has 0 saturated carbocycles. The molecule has 0 amide bonds. The molecule has 5 aromatic rings. The van der Waals surface area contributed by atoms with Crippen LogP contribution < -0.4 is 4.74 Å². The van der Waals surface area contributed by atoms with E-state index in [9.17, 15) is 4.79 Å². The number of tetrazole rings is 1. The van der Waals surface area contributed by atoms with Gasteiger partial charge in [-0.25, -0.2) is 4.79 Å². The van der Waals surface area contributed by atoms with Crippen molar-refractivity contribution < 1.29 is 14.3 Å². The first-order valence-corrected chi connectivity index (χ1v) is 11.6. The maximum Gasteiger partial charge on any atom is 0.515 e. The van der Waals surface area contributed by atoms with Crippen molar-refractivity contribution in [1.29, 1.82) is 0 Å². The molecule has 0 saturated heterocycles. The van der Waals surface area contributed by atoms with Gasteiger partial charge in [-0.2, -0.15) is 4.68 Å². The molecular weight excluding hydrogens is 450 g/mol. The second-order valence-corrected chi connectivity index (χ2v) is 8.51. The number of aromatic nitrogens is 5. The van der Waals surface area contributed by atoms with Gasteiger partial charge in [0.1, 0.15) is 5.75 Å². The van der Waals surface area contributed by atoms with Gasteiger partial charge in [0.15, 0.2) is 6.73 Å². The first kappa shape index (κ1) is 21.7. The van der Waals surface area contributed by atoms with Gasteiger partial charge in [-0.05, 0) is 64.2 Å². The van der Waals surface area contributed by atoms with Crippen molar-refractivity contribution in [1.82, 2.24) is 24.8 Å². The number of ether oxygens (including phenoxy) is 2. The van der Waals surface area contributed by atoms with Crippen LogP contribution in [0, 0.1) is 6.92 Å². The number of hydrogen-bond donors (Lipinski definition) is 0. The Balaban J connectivity index is 1.18. The highest BCUT2D eigenvalue weighted by Crippen LogP contribution is 2.26. The van der Waals surface area contributed by atoms with Crippen LogP contribution in [0.5, 0.6) is 5.75 Å². The quantitative estimate of drug-likeness (QED) is 0.179. The zero-order valence-corrected chi connectivity index (χ0v) is 19.2. The Bertz CT molecular complexity index is 1430. The molecule has 34 heavy (non-hydrogen) atoms. The Hall–Kier alpha value is -4.11. The number of hydrogen-bond acceptors (Lipinski definition) is 7. The zero-order valence-electron chi connectivity index (χ0n) is 18.4. The molecule has 0 unspecified atom stereocenters.